The van der Waals surface area contributed by atoms with Gasteiger partial charge in [-0.25, -0.2) is 0 Å². The largest absolute Gasteiger partial charge is 0.416 e. The van der Waals surface area contributed by atoms with Crippen LogP contribution in [0.25, 0.3) is 0 Å². The van der Waals surface area contributed by atoms with Gasteiger partial charge in [-0.2, -0.15) is 13.2 Å². The standard InChI is InChI=1S/C15H19F3N2O.ClH/c16-15(17,18)12-7-3-2-6-11(12)10-20-13(21)14(19)8-4-1-5-9-14;/h2-3,6-7H,1,4-5,8-10,19H2,(H,20,21);1H. The van der Waals surface area contributed by atoms with E-state index in [-0.39, 0.29) is 30.4 Å². The van der Waals surface area contributed by atoms with Gasteiger partial charge in [0.1, 0.15) is 0 Å². The Balaban J connectivity index is 0.00000242. The van der Waals surface area contributed by atoms with Crippen LogP contribution in [0.2, 0.25) is 0 Å². The van der Waals surface area contributed by atoms with E-state index in [1.165, 1.54) is 18.2 Å². The molecule has 7 heteroatoms. The summed E-state index contributed by atoms with van der Waals surface area (Å²) in [5, 5.41) is 2.56. The van der Waals surface area contributed by atoms with Crippen molar-refractivity contribution in [1.29, 1.82) is 0 Å². The first kappa shape index (κ1) is 18.8. The van der Waals surface area contributed by atoms with Crippen LogP contribution >= 0.6 is 12.4 Å². The van der Waals surface area contributed by atoms with Crippen molar-refractivity contribution in [3.8, 4) is 0 Å². The molecule has 2 rings (SSSR count). The highest BCUT2D eigenvalue weighted by Gasteiger charge is 2.36. The highest BCUT2D eigenvalue weighted by atomic mass is 35.5. The van der Waals surface area contributed by atoms with Crippen molar-refractivity contribution >= 4 is 18.3 Å². The summed E-state index contributed by atoms with van der Waals surface area (Å²) in [7, 11) is 0. The van der Waals surface area contributed by atoms with Gasteiger partial charge in [-0.05, 0) is 24.5 Å². The maximum absolute atomic E-state index is 12.9. The molecule has 3 nitrogen and oxygen atoms in total. The Labute approximate surface area is 133 Å². The third kappa shape index (κ3) is 4.36. The van der Waals surface area contributed by atoms with E-state index >= 15 is 0 Å². The fourth-order valence-electron chi connectivity index (χ4n) is 2.71. The molecule has 0 unspecified atom stereocenters. The maximum atomic E-state index is 12.9. The van der Waals surface area contributed by atoms with Gasteiger partial charge in [0.2, 0.25) is 5.91 Å². The third-order valence-electron chi connectivity index (χ3n) is 3.96. The molecule has 0 aliphatic heterocycles. The molecule has 0 atom stereocenters. The number of nitrogens with one attached hydrogen (secondary N) is 1. The van der Waals surface area contributed by atoms with Crippen molar-refractivity contribution in [3.63, 3.8) is 0 Å². The van der Waals surface area contributed by atoms with Crippen LogP contribution in [0.3, 0.4) is 0 Å². The van der Waals surface area contributed by atoms with Gasteiger partial charge in [0.25, 0.3) is 0 Å². The van der Waals surface area contributed by atoms with E-state index in [1.54, 1.807) is 0 Å². The molecular formula is C15H20ClF3N2O. The quantitative estimate of drug-likeness (QED) is 0.888. The molecule has 1 aliphatic carbocycles. The predicted octanol–water partition coefficient (Wildman–Crippen LogP) is 3.41. The number of benzene rings is 1. The molecule has 0 bridgehead atoms. The van der Waals surface area contributed by atoms with E-state index in [0.717, 1.165) is 25.3 Å². The van der Waals surface area contributed by atoms with Crippen LogP contribution in [0.5, 0.6) is 0 Å². The van der Waals surface area contributed by atoms with Crippen molar-refractivity contribution in [3.05, 3.63) is 35.4 Å². The number of hydrogen-bond acceptors (Lipinski definition) is 2. The van der Waals surface area contributed by atoms with E-state index in [4.69, 9.17) is 5.73 Å². The first-order chi connectivity index (χ1) is 9.83. The molecule has 124 valence electrons. The molecule has 0 heterocycles. The van der Waals surface area contributed by atoms with Gasteiger partial charge in [0, 0.05) is 6.54 Å². The van der Waals surface area contributed by atoms with Gasteiger partial charge in [-0.1, -0.05) is 37.5 Å². The Morgan fingerprint density at radius 1 is 1.18 bits per heavy atom. The number of nitrogens with two attached hydrogens (primary N) is 1. The monoisotopic (exact) mass is 336 g/mol. The minimum Gasteiger partial charge on any atom is -0.350 e. The summed E-state index contributed by atoms with van der Waals surface area (Å²) in [5.41, 5.74) is 4.45. The number of hydrogen-bond donors (Lipinski definition) is 2. The summed E-state index contributed by atoms with van der Waals surface area (Å²) < 4.78 is 38.6. The number of alkyl halides is 3. The third-order valence-corrected chi connectivity index (χ3v) is 3.96. The molecule has 1 amide bonds. The Bertz CT molecular complexity index is 514. The molecule has 1 aromatic rings. The number of halogens is 4. The lowest BCUT2D eigenvalue weighted by Gasteiger charge is -2.31. The number of carbonyl (C=O) groups excluding carboxylic acids is 1. The lowest BCUT2D eigenvalue weighted by atomic mass is 9.82. The number of rotatable bonds is 3. The maximum Gasteiger partial charge on any atom is 0.416 e. The van der Waals surface area contributed by atoms with Crippen LogP contribution in [0, 0.1) is 0 Å². The lowest BCUT2D eigenvalue weighted by Crippen LogP contribution is -2.54. The van der Waals surface area contributed by atoms with Crippen molar-refractivity contribution in [2.45, 2.75) is 50.4 Å². The van der Waals surface area contributed by atoms with Gasteiger partial charge in [0.05, 0.1) is 11.1 Å². The first-order valence-electron chi connectivity index (χ1n) is 7.05. The van der Waals surface area contributed by atoms with Gasteiger partial charge in [-0.15, -0.1) is 12.4 Å². The average molecular weight is 337 g/mol. The highest BCUT2D eigenvalue weighted by molar-refractivity contribution is 5.86. The smallest absolute Gasteiger partial charge is 0.350 e. The minimum absolute atomic E-state index is 0. The summed E-state index contributed by atoms with van der Waals surface area (Å²) >= 11 is 0. The zero-order valence-electron chi connectivity index (χ0n) is 12.1. The van der Waals surface area contributed by atoms with Crippen LogP contribution in [-0.2, 0) is 17.5 Å². The molecule has 1 fully saturated rings. The SMILES string of the molecule is Cl.NC1(C(=O)NCc2ccccc2C(F)(F)F)CCCCC1. The Hall–Kier alpha value is -1.27. The van der Waals surface area contributed by atoms with E-state index in [2.05, 4.69) is 5.32 Å². The second-order valence-corrected chi connectivity index (χ2v) is 5.55. The molecule has 0 aromatic heterocycles. The Kier molecular flexibility index (Phi) is 6.26. The van der Waals surface area contributed by atoms with E-state index in [0.29, 0.717) is 12.8 Å². The molecule has 3 N–H and O–H groups in total. The molecule has 0 spiro atoms. The van der Waals surface area contributed by atoms with Crippen molar-refractivity contribution in [1.82, 2.24) is 5.32 Å². The van der Waals surface area contributed by atoms with Crippen LogP contribution in [0.1, 0.15) is 43.2 Å². The summed E-state index contributed by atoms with van der Waals surface area (Å²) in [6, 6.07) is 5.24. The molecule has 0 saturated heterocycles. The van der Waals surface area contributed by atoms with Gasteiger partial charge in [0.15, 0.2) is 0 Å². The van der Waals surface area contributed by atoms with E-state index < -0.39 is 17.3 Å². The number of amides is 1. The second kappa shape index (κ2) is 7.33. The number of carbonyl (C=O) groups is 1. The normalized spacial score (nSPS) is 17.5. The van der Waals surface area contributed by atoms with Crippen molar-refractivity contribution in [2.75, 3.05) is 0 Å². The Morgan fingerprint density at radius 2 is 1.77 bits per heavy atom. The van der Waals surface area contributed by atoms with Gasteiger partial charge < -0.3 is 11.1 Å². The zero-order valence-corrected chi connectivity index (χ0v) is 12.9. The molecule has 1 saturated carbocycles. The lowest BCUT2D eigenvalue weighted by molar-refractivity contribution is -0.138. The average Bonchev–Trinajstić information content (AvgIpc) is 2.45. The predicted molar refractivity (Wildman–Crippen MR) is 80.5 cm³/mol. The van der Waals surface area contributed by atoms with Crippen LogP contribution in [-0.4, -0.2) is 11.4 Å². The first-order valence-corrected chi connectivity index (χ1v) is 7.05. The highest BCUT2D eigenvalue weighted by Crippen LogP contribution is 2.32. The summed E-state index contributed by atoms with van der Waals surface area (Å²) in [6.45, 7) is -0.159. The molecular weight excluding hydrogens is 317 g/mol. The summed E-state index contributed by atoms with van der Waals surface area (Å²) in [4.78, 5) is 12.1. The topological polar surface area (TPSA) is 55.1 Å². The van der Waals surface area contributed by atoms with Crippen molar-refractivity contribution < 1.29 is 18.0 Å². The molecule has 0 radical (unpaired) electrons. The molecule has 22 heavy (non-hydrogen) atoms. The van der Waals surface area contributed by atoms with Crippen LogP contribution in [0.15, 0.2) is 24.3 Å². The molecule has 1 aliphatic rings. The Morgan fingerprint density at radius 3 is 2.36 bits per heavy atom. The summed E-state index contributed by atoms with van der Waals surface area (Å²) in [6.07, 6.45) is -0.457. The fraction of sp³-hybridized carbons (Fsp3) is 0.533. The minimum atomic E-state index is -4.42. The zero-order chi connectivity index (χ0) is 15.5. The van der Waals surface area contributed by atoms with Crippen LogP contribution < -0.4 is 11.1 Å². The van der Waals surface area contributed by atoms with Crippen molar-refractivity contribution in [2.24, 2.45) is 5.73 Å². The molecule has 1 aromatic carbocycles. The fourth-order valence-corrected chi connectivity index (χ4v) is 2.71. The summed E-state index contributed by atoms with van der Waals surface area (Å²) in [5.74, 6) is -0.362. The van der Waals surface area contributed by atoms with Gasteiger partial charge >= 0.3 is 6.18 Å². The second-order valence-electron chi connectivity index (χ2n) is 5.55. The van der Waals surface area contributed by atoms with E-state index in [1.807, 2.05) is 0 Å². The van der Waals surface area contributed by atoms with Crippen LogP contribution in [0.4, 0.5) is 13.2 Å². The van der Waals surface area contributed by atoms with Gasteiger partial charge in [-0.3, -0.25) is 4.79 Å². The van der Waals surface area contributed by atoms with E-state index in [9.17, 15) is 18.0 Å².